The van der Waals surface area contributed by atoms with Crippen LogP contribution >= 0.6 is 0 Å². The second kappa shape index (κ2) is 15.0. The van der Waals surface area contributed by atoms with Crippen LogP contribution in [0.3, 0.4) is 0 Å². The van der Waals surface area contributed by atoms with Crippen LogP contribution in [0.15, 0.2) is 48.5 Å². The number of anilines is 2. The van der Waals surface area contributed by atoms with Gasteiger partial charge < -0.3 is 20.4 Å². The molecule has 45 heavy (non-hydrogen) atoms. The molecule has 2 atom stereocenters. The Bertz CT molecular complexity index is 1360. The van der Waals surface area contributed by atoms with Crippen LogP contribution in [0.5, 0.6) is 0 Å². The van der Waals surface area contributed by atoms with Gasteiger partial charge in [-0.1, -0.05) is 38.1 Å². The van der Waals surface area contributed by atoms with Crippen molar-refractivity contribution >= 4 is 35.0 Å². The molecule has 1 spiro atoms. The number of benzene rings is 2. The molecular weight excluding hydrogens is 568 g/mol. The van der Waals surface area contributed by atoms with Crippen LogP contribution in [0.25, 0.3) is 0 Å². The van der Waals surface area contributed by atoms with E-state index in [-0.39, 0.29) is 35.5 Å². The minimum Gasteiger partial charge on any atom is -0.370 e. The summed E-state index contributed by atoms with van der Waals surface area (Å²) >= 11 is 0. The third-order valence-corrected chi connectivity index (χ3v) is 9.59. The molecule has 10 nitrogen and oxygen atoms in total. The van der Waals surface area contributed by atoms with E-state index in [4.69, 9.17) is 0 Å². The minimum atomic E-state index is -0.199. The molecule has 0 aliphatic carbocycles. The lowest BCUT2D eigenvalue weighted by Crippen LogP contribution is -2.60. The zero-order valence-electron chi connectivity index (χ0n) is 26.7. The van der Waals surface area contributed by atoms with Gasteiger partial charge in [0, 0.05) is 68.9 Å². The van der Waals surface area contributed by atoms with Gasteiger partial charge in [-0.2, -0.15) is 0 Å². The maximum absolute atomic E-state index is 12.1. The van der Waals surface area contributed by atoms with Gasteiger partial charge in [-0.15, -0.1) is 0 Å². The molecule has 0 radical (unpaired) electrons. The van der Waals surface area contributed by atoms with E-state index < -0.39 is 0 Å². The molecule has 4 amide bonds. The number of hydrogen-bond acceptors (Lipinski definition) is 8. The summed E-state index contributed by atoms with van der Waals surface area (Å²) in [5.41, 5.74) is 4.89. The highest BCUT2D eigenvalue weighted by atomic mass is 16.2. The first-order valence-corrected chi connectivity index (χ1v) is 16.7. The molecule has 10 heteroatoms. The topological polar surface area (TPSA) is 123 Å². The third kappa shape index (κ3) is 7.91. The SMILES string of the molecule is CC.O=C1CCC(c2cccc(N3CC4(CCNCC4)C3)c2)C(=O)N1.O=C1CCC(c2cccc(N3CCNCC3)c2)C(=O)N1. The summed E-state index contributed by atoms with van der Waals surface area (Å²) in [6.07, 6.45) is 4.60. The monoisotopic (exact) mass is 616 g/mol. The lowest BCUT2D eigenvalue weighted by atomic mass is 9.72. The van der Waals surface area contributed by atoms with E-state index in [9.17, 15) is 19.2 Å². The fraction of sp³-hybridized carbons (Fsp3) is 0.543. The molecule has 2 aromatic rings. The number of imide groups is 2. The van der Waals surface area contributed by atoms with Gasteiger partial charge in [-0.25, -0.2) is 0 Å². The van der Waals surface area contributed by atoms with Gasteiger partial charge in [0.05, 0.1) is 11.8 Å². The lowest BCUT2D eigenvalue weighted by molar-refractivity contribution is -0.135. The highest BCUT2D eigenvalue weighted by molar-refractivity contribution is 6.01. The van der Waals surface area contributed by atoms with Crippen molar-refractivity contribution in [1.82, 2.24) is 21.3 Å². The van der Waals surface area contributed by atoms with E-state index >= 15 is 0 Å². The quantitative estimate of drug-likeness (QED) is 0.387. The summed E-state index contributed by atoms with van der Waals surface area (Å²) in [6.45, 7) is 12.4. The maximum atomic E-state index is 12.1. The van der Waals surface area contributed by atoms with E-state index in [2.05, 4.69) is 55.3 Å². The van der Waals surface area contributed by atoms with Gasteiger partial charge in [-0.05, 0) is 74.2 Å². The largest absolute Gasteiger partial charge is 0.370 e. The zero-order valence-corrected chi connectivity index (χ0v) is 26.7. The van der Waals surface area contributed by atoms with E-state index in [1.165, 1.54) is 18.5 Å². The zero-order chi connectivity index (χ0) is 31.8. The first-order valence-electron chi connectivity index (χ1n) is 16.7. The number of nitrogens with zero attached hydrogens (tertiary/aromatic N) is 2. The van der Waals surface area contributed by atoms with Crippen molar-refractivity contribution in [1.29, 1.82) is 0 Å². The number of piperazine rings is 1. The molecule has 0 saturated carbocycles. The lowest BCUT2D eigenvalue weighted by Gasteiger charge is -2.53. The maximum Gasteiger partial charge on any atom is 0.234 e. The van der Waals surface area contributed by atoms with Crippen molar-refractivity contribution in [2.45, 2.75) is 64.2 Å². The van der Waals surface area contributed by atoms with Crippen LogP contribution < -0.4 is 31.1 Å². The number of rotatable bonds is 4. The van der Waals surface area contributed by atoms with Crippen molar-refractivity contribution in [3.63, 3.8) is 0 Å². The van der Waals surface area contributed by atoms with Crippen LogP contribution in [0.4, 0.5) is 11.4 Å². The average molecular weight is 617 g/mol. The van der Waals surface area contributed by atoms with Crippen molar-refractivity contribution in [3.8, 4) is 0 Å². The molecule has 242 valence electrons. The van der Waals surface area contributed by atoms with Gasteiger partial charge in [0.25, 0.3) is 0 Å². The molecule has 5 aliphatic rings. The first kappa shape index (κ1) is 32.6. The Morgan fingerprint density at radius 1 is 0.644 bits per heavy atom. The first-order chi connectivity index (χ1) is 21.9. The van der Waals surface area contributed by atoms with Gasteiger partial charge in [0.1, 0.15) is 0 Å². The number of amides is 4. The van der Waals surface area contributed by atoms with Crippen LogP contribution in [-0.2, 0) is 19.2 Å². The molecule has 2 unspecified atom stereocenters. The van der Waals surface area contributed by atoms with Crippen LogP contribution in [-0.4, -0.2) is 76.0 Å². The smallest absolute Gasteiger partial charge is 0.234 e. The van der Waals surface area contributed by atoms with Crippen molar-refractivity contribution < 1.29 is 19.2 Å². The Hall–Kier alpha value is -3.76. The normalized spacial score (nSPS) is 24.3. The Morgan fingerprint density at radius 3 is 1.60 bits per heavy atom. The fourth-order valence-electron chi connectivity index (χ4n) is 7.04. The van der Waals surface area contributed by atoms with Crippen LogP contribution in [0.1, 0.15) is 75.3 Å². The number of piperidine rings is 3. The highest BCUT2D eigenvalue weighted by Crippen LogP contribution is 2.41. The molecule has 0 aromatic heterocycles. The molecule has 5 heterocycles. The van der Waals surface area contributed by atoms with Gasteiger partial charge in [0.2, 0.25) is 23.6 Å². The number of nitrogens with one attached hydrogen (secondary N) is 4. The van der Waals surface area contributed by atoms with Crippen molar-refractivity contribution in [2.24, 2.45) is 5.41 Å². The third-order valence-electron chi connectivity index (χ3n) is 9.59. The fourth-order valence-corrected chi connectivity index (χ4v) is 7.04. The molecule has 4 N–H and O–H groups in total. The average Bonchev–Trinajstić information content (AvgIpc) is 3.06. The second-order valence-corrected chi connectivity index (χ2v) is 12.5. The Labute approximate surface area is 266 Å². The minimum absolute atomic E-state index is 0.155. The summed E-state index contributed by atoms with van der Waals surface area (Å²) < 4.78 is 0. The second-order valence-electron chi connectivity index (χ2n) is 12.5. The Kier molecular flexibility index (Phi) is 10.9. The predicted octanol–water partition coefficient (Wildman–Crippen LogP) is 3.04. The highest BCUT2D eigenvalue weighted by Gasteiger charge is 2.43. The Balaban J connectivity index is 0.000000170. The standard InChI is InChI=1S/C18H23N3O2.C15H19N3O2.C2H6/c22-16-5-4-15(17(23)20-16)13-2-1-3-14(10-13)21-11-18(12-21)6-8-19-9-7-18;19-14-5-4-13(15(20)17-14)11-2-1-3-12(10-11)18-8-6-16-7-9-18;1-2/h1-3,10,15,19H,4-9,11-12H2,(H,20,22,23);1-3,10,13,16H,4-9H2,(H,17,19,20);1-2H3. The van der Waals surface area contributed by atoms with Gasteiger partial charge in [0.15, 0.2) is 0 Å². The van der Waals surface area contributed by atoms with E-state index in [0.29, 0.717) is 31.1 Å². The number of hydrogen-bond donors (Lipinski definition) is 4. The Morgan fingerprint density at radius 2 is 1.11 bits per heavy atom. The summed E-state index contributed by atoms with van der Waals surface area (Å²) in [4.78, 5) is 51.3. The summed E-state index contributed by atoms with van der Waals surface area (Å²) in [7, 11) is 0. The molecular formula is C35H48N6O4. The molecule has 2 aromatic carbocycles. The molecule has 0 bridgehead atoms. The van der Waals surface area contributed by atoms with Gasteiger partial charge in [-0.3, -0.25) is 29.8 Å². The number of carbonyl (C=O) groups is 4. The summed E-state index contributed by atoms with van der Waals surface area (Å²) in [6, 6.07) is 16.4. The van der Waals surface area contributed by atoms with Crippen molar-refractivity contribution in [2.75, 3.05) is 62.2 Å². The van der Waals surface area contributed by atoms with E-state index in [1.54, 1.807) is 0 Å². The summed E-state index contributed by atoms with van der Waals surface area (Å²) in [5.74, 6) is -1.03. The molecule has 5 saturated heterocycles. The van der Waals surface area contributed by atoms with Crippen LogP contribution in [0, 0.1) is 5.41 Å². The predicted molar refractivity (Wildman–Crippen MR) is 176 cm³/mol. The van der Waals surface area contributed by atoms with Crippen molar-refractivity contribution in [3.05, 3.63) is 59.7 Å². The molecule has 5 aliphatic heterocycles. The molecule has 7 rings (SSSR count). The summed E-state index contributed by atoms with van der Waals surface area (Å²) in [5, 5.41) is 11.6. The number of carbonyl (C=O) groups excluding carboxylic acids is 4. The van der Waals surface area contributed by atoms with E-state index in [1.807, 2.05) is 38.1 Å². The van der Waals surface area contributed by atoms with Gasteiger partial charge >= 0.3 is 0 Å². The van der Waals surface area contributed by atoms with Crippen LogP contribution in [0.2, 0.25) is 0 Å². The molecule has 5 fully saturated rings. The van der Waals surface area contributed by atoms with E-state index in [0.717, 1.165) is 69.2 Å².